The van der Waals surface area contributed by atoms with Gasteiger partial charge in [0.1, 0.15) is 6.61 Å². The van der Waals surface area contributed by atoms with Crippen LogP contribution >= 0.6 is 12.2 Å². The summed E-state index contributed by atoms with van der Waals surface area (Å²) in [6.07, 6.45) is 0. The number of thiocarbonyl (C=S) groups is 1. The van der Waals surface area contributed by atoms with E-state index >= 15 is 0 Å². The number of nitrogens with zero attached hydrogens (tertiary/aromatic N) is 1. The zero-order chi connectivity index (χ0) is 14.0. The van der Waals surface area contributed by atoms with Crippen LogP contribution in [0, 0.1) is 0 Å². The second-order valence-corrected chi connectivity index (χ2v) is 4.74. The number of benzene rings is 2. The maximum Gasteiger partial charge on any atom is 0.293 e. The van der Waals surface area contributed by atoms with E-state index in [1.165, 1.54) is 0 Å². The fraction of sp³-hybridized carbons (Fsp3) is 0.125. The molecular formula is C16H11NO2S. The molecule has 0 amide bonds. The van der Waals surface area contributed by atoms with Gasteiger partial charge in [0.25, 0.3) is 6.47 Å². The van der Waals surface area contributed by atoms with Gasteiger partial charge >= 0.3 is 0 Å². The molecule has 2 aromatic carbocycles. The lowest BCUT2D eigenvalue weighted by atomic mass is 9.89. The van der Waals surface area contributed by atoms with Crippen LogP contribution in [0.3, 0.4) is 0 Å². The highest BCUT2D eigenvalue weighted by Gasteiger charge is 2.43. The molecule has 0 atom stereocenters. The standard InChI is InChI=1S/C16H11NO2S/c18-11-19-9-16(17-10-20)14-7-3-1-5-12(14)13-6-2-4-8-15(13)16/h1-8,11H,9H2. The van der Waals surface area contributed by atoms with Crippen LogP contribution < -0.4 is 0 Å². The Morgan fingerprint density at radius 3 is 2.15 bits per heavy atom. The molecule has 0 unspecified atom stereocenters. The summed E-state index contributed by atoms with van der Waals surface area (Å²) in [5.74, 6) is 0. The van der Waals surface area contributed by atoms with Gasteiger partial charge in [-0.05, 0) is 34.5 Å². The van der Waals surface area contributed by atoms with E-state index in [0.717, 1.165) is 22.3 Å². The van der Waals surface area contributed by atoms with Gasteiger partial charge in [0.2, 0.25) is 0 Å². The molecule has 2 aromatic rings. The van der Waals surface area contributed by atoms with Gasteiger partial charge in [-0.15, -0.1) is 0 Å². The van der Waals surface area contributed by atoms with Crippen molar-refractivity contribution in [2.75, 3.05) is 6.61 Å². The van der Waals surface area contributed by atoms with Gasteiger partial charge in [-0.2, -0.15) is 0 Å². The number of aliphatic imine (C=N–C) groups is 1. The van der Waals surface area contributed by atoms with Crippen LogP contribution in [0.1, 0.15) is 11.1 Å². The van der Waals surface area contributed by atoms with E-state index in [0.29, 0.717) is 6.47 Å². The van der Waals surface area contributed by atoms with Crippen molar-refractivity contribution in [1.82, 2.24) is 0 Å². The minimum Gasteiger partial charge on any atom is -0.465 e. The van der Waals surface area contributed by atoms with Crippen LogP contribution in [0.2, 0.25) is 0 Å². The van der Waals surface area contributed by atoms with Gasteiger partial charge in [-0.3, -0.25) is 4.79 Å². The lowest BCUT2D eigenvalue weighted by Crippen LogP contribution is -2.28. The molecule has 98 valence electrons. The van der Waals surface area contributed by atoms with Crippen molar-refractivity contribution < 1.29 is 9.53 Å². The number of isothiocyanates is 1. The zero-order valence-electron chi connectivity index (χ0n) is 10.6. The SMILES string of the molecule is O=COCC1(N=C=S)c2ccccc2-c2ccccc21. The van der Waals surface area contributed by atoms with Gasteiger partial charge in [-0.25, -0.2) is 4.99 Å². The highest BCUT2D eigenvalue weighted by Crippen LogP contribution is 2.49. The highest BCUT2D eigenvalue weighted by atomic mass is 32.1. The average molecular weight is 281 g/mol. The number of carbonyl (C=O) groups is 1. The Hall–Kier alpha value is -2.29. The summed E-state index contributed by atoms with van der Waals surface area (Å²) in [6, 6.07) is 15.9. The van der Waals surface area contributed by atoms with Crippen molar-refractivity contribution in [1.29, 1.82) is 0 Å². The molecular weight excluding hydrogens is 270 g/mol. The highest BCUT2D eigenvalue weighted by molar-refractivity contribution is 7.78. The second kappa shape index (κ2) is 5.00. The van der Waals surface area contributed by atoms with Gasteiger partial charge in [0.05, 0.1) is 5.16 Å². The Balaban J connectivity index is 2.32. The average Bonchev–Trinajstić information content (AvgIpc) is 2.78. The summed E-state index contributed by atoms with van der Waals surface area (Å²) in [5, 5.41) is 2.45. The van der Waals surface area contributed by atoms with E-state index in [1.54, 1.807) is 0 Å². The molecule has 0 fully saturated rings. The van der Waals surface area contributed by atoms with Gasteiger partial charge in [0.15, 0.2) is 5.54 Å². The molecule has 0 heterocycles. The smallest absolute Gasteiger partial charge is 0.293 e. The molecule has 0 spiro atoms. The number of rotatable bonds is 4. The number of hydrogen-bond donors (Lipinski definition) is 0. The molecule has 3 rings (SSSR count). The molecule has 1 aliphatic rings. The summed E-state index contributed by atoms with van der Waals surface area (Å²) < 4.78 is 5.03. The van der Waals surface area contributed by atoms with Crippen molar-refractivity contribution in [3.63, 3.8) is 0 Å². The largest absolute Gasteiger partial charge is 0.465 e. The minimum atomic E-state index is -0.782. The Bertz CT molecular complexity index is 674. The number of carbonyl (C=O) groups excluding carboxylic acids is 1. The number of hydrogen-bond acceptors (Lipinski definition) is 4. The lowest BCUT2D eigenvalue weighted by molar-refractivity contribution is -0.129. The topological polar surface area (TPSA) is 38.7 Å². The van der Waals surface area contributed by atoms with Crippen LogP contribution in [0.5, 0.6) is 0 Å². The normalized spacial score (nSPS) is 13.8. The molecule has 4 heteroatoms. The Morgan fingerprint density at radius 2 is 1.65 bits per heavy atom. The maximum absolute atomic E-state index is 10.6. The molecule has 3 nitrogen and oxygen atoms in total. The first-order chi connectivity index (χ1) is 9.83. The van der Waals surface area contributed by atoms with Crippen LogP contribution in [0.25, 0.3) is 11.1 Å². The molecule has 0 radical (unpaired) electrons. The first-order valence-electron chi connectivity index (χ1n) is 6.17. The summed E-state index contributed by atoms with van der Waals surface area (Å²) in [6.45, 7) is 0.554. The quantitative estimate of drug-likeness (QED) is 0.491. The summed E-state index contributed by atoms with van der Waals surface area (Å²) in [4.78, 5) is 15.0. The van der Waals surface area contributed by atoms with Crippen LogP contribution in [0.4, 0.5) is 0 Å². The van der Waals surface area contributed by atoms with Gasteiger partial charge in [0, 0.05) is 0 Å². The van der Waals surface area contributed by atoms with E-state index in [2.05, 4.69) is 10.2 Å². The van der Waals surface area contributed by atoms with E-state index < -0.39 is 5.54 Å². The monoisotopic (exact) mass is 281 g/mol. The molecule has 0 aliphatic heterocycles. The molecule has 0 saturated heterocycles. The lowest BCUT2D eigenvalue weighted by Gasteiger charge is -2.24. The molecule has 0 bridgehead atoms. The van der Waals surface area contributed by atoms with Gasteiger partial charge in [-0.1, -0.05) is 48.5 Å². The van der Waals surface area contributed by atoms with E-state index in [4.69, 9.17) is 17.0 Å². The summed E-state index contributed by atoms with van der Waals surface area (Å²) >= 11 is 4.81. The zero-order valence-corrected chi connectivity index (χ0v) is 11.4. The fourth-order valence-electron chi connectivity index (χ4n) is 2.84. The van der Waals surface area contributed by atoms with Gasteiger partial charge < -0.3 is 4.74 Å². The third kappa shape index (κ3) is 1.70. The number of fused-ring (bicyclic) bond motifs is 3. The molecule has 0 aromatic heterocycles. The fourth-order valence-corrected chi connectivity index (χ4v) is 3.00. The van der Waals surface area contributed by atoms with Crippen molar-refractivity contribution in [3.05, 3.63) is 59.7 Å². The first-order valence-corrected chi connectivity index (χ1v) is 6.58. The minimum absolute atomic E-state index is 0.119. The van der Waals surface area contributed by atoms with Crippen LogP contribution in [-0.4, -0.2) is 18.2 Å². The summed E-state index contributed by atoms with van der Waals surface area (Å²) in [7, 11) is 0. The Labute approximate surface area is 121 Å². The first kappa shape index (κ1) is 12.7. The molecule has 0 saturated carbocycles. The van der Waals surface area contributed by atoms with Crippen LogP contribution in [-0.2, 0) is 15.1 Å². The van der Waals surface area contributed by atoms with Crippen molar-refractivity contribution in [2.24, 2.45) is 4.99 Å². The predicted molar refractivity (Wildman–Crippen MR) is 79.7 cm³/mol. The molecule has 1 aliphatic carbocycles. The molecule has 0 N–H and O–H groups in total. The van der Waals surface area contributed by atoms with E-state index in [1.807, 2.05) is 48.5 Å². The van der Waals surface area contributed by atoms with Crippen molar-refractivity contribution in [3.8, 4) is 11.1 Å². The third-order valence-corrected chi connectivity index (χ3v) is 3.72. The summed E-state index contributed by atoms with van der Waals surface area (Å²) in [5.41, 5.74) is 3.37. The van der Waals surface area contributed by atoms with Crippen molar-refractivity contribution in [2.45, 2.75) is 5.54 Å². The number of ether oxygens (including phenoxy) is 1. The van der Waals surface area contributed by atoms with E-state index in [9.17, 15) is 4.79 Å². The Morgan fingerprint density at radius 1 is 1.10 bits per heavy atom. The maximum atomic E-state index is 10.6. The Kier molecular flexibility index (Phi) is 3.18. The predicted octanol–water partition coefficient (Wildman–Crippen LogP) is 3.19. The van der Waals surface area contributed by atoms with E-state index in [-0.39, 0.29) is 6.61 Å². The van der Waals surface area contributed by atoms with Crippen LogP contribution in [0.15, 0.2) is 53.5 Å². The van der Waals surface area contributed by atoms with Crippen molar-refractivity contribution >= 4 is 23.9 Å². The second-order valence-electron chi connectivity index (χ2n) is 4.56. The molecule has 20 heavy (non-hydrogen) atoms. The third-order valence-electron chi connectivity index (χ3n) is 3.63.